The smallest absolute Gasteiger partial charge is 0.235 e. The van der Waals surface area contributed by atoms with Gasteiger partial charge in [-0.05, 0) is 6.42 Å². The van der Waals surface area contributed by atoms with Crippen molar-refractivity contribution in [2.75, 3.05) is 5.88 Å². The molecular formula is C8H11ClN2O2. The molecule has 1 heterocycles. The maximum absolute atomic E-state index is 11.0. The van der Waals surface area contributed by atoms with Gasteiger partial charge >= 0.3 is 0 Å². The van der Waals surface area contributed by atoms with Crippen LogP contribution in [0.25, 0.3) is 0 Å². The number of oxazole rings is 1. The van der Waals surface area contributed by atoms with Crippen LogP contribution in [0.3, 0.4) is 0 Å². The average molecular weight is 203 g/mol. The number of halogens is 1. The number of carbonyl (C=O) groups is 1. The SMILES string of the molecule is CCC(NC(=O)CCl)c1cocn1. The summed E-state index contributed by atoms with van der Waals surface area (Å²) in [5, 5.41) is 2.73. The van der Waals surface area contributed by atoms with Crippen molar-refractivity contribution in [3.63, 3.8) is 0 Å². The quantitative estimate of drug-likeness (QED) is 0.753. The zero-order valence-electron chi connectivity index (χ0n) is 7.29. The molecule has 0 aliphatic heterocycles. The van der Waals surface area contributed by atoms with Crippen molar-refractivity contribution in [1.82, 2.24) is 10.3 Å². The molecule has 4 nitrogen and oxygen atoms in total. The lowest BCUT2D eigenvalue weighted by molar-refractivity contribution is -0.119. The van der Waals surface area contributed by atoms with Crippen LogP contribution in [-0.4, -0.2) is 16.8 Å². The molecule has 0 bridgehead atoms. The first-order valence-corrected chi connectivity index (χ1v) is 4.54. The molecule has 1 N–H and O–H groups in total. The summed E-state index contributed by atoms with van der Waals surface area (Å²) in [7, 11) is 0. The predicted molar refractivity (Wildman–Crippen MR) is 48.4 cm³/mol. The molecule has 0 spiro atoms. The van der Waals surface area contributed by atoms with E-state index in [0.29, 0.717) is 0 Å². The summed E-state index contributed by atoms with van der Waals surface area (Å²) in [6.07, 6.45) is 3.61. The number of aromatic nitrogens is 1. The van der Waals surface area contributed by atoms with Crippen LogP contribution in [0.2, 0.25) is 0 Å². The van der Waals surface area contributed by atoms with Gasteiger partial charge in [0.2, 0.25) is 5.91 Å². The van der Waals surface area contributed by atoms with Gasteiger partial charge in [0.15, 0.2) is 6.39 Å². The van der Waals surface area contributed by atoms with Crippen molar-refractivity contribution < 1.29 is 9.21 Å². The zero-order chi connectivity index (χ0) is 9.68. The van der Waals surface area contributed by atoms with Gasteiger partial charge < -0.3 is 9.73 Å². The molecule has 5 heteroatoms. The molecule has 1 rings (SSSR count). The Morgan fingerprint density at radius 3 is 3.08 bits per heavy atom. The number of hydrogen-bond acceptors (Lipinski definition) is 3. The van der Waals surface area contributed by atoms with Crippen LogP contribution in [0.1, 0.15) is 25.1 Å². The number of carbonyl (C=O) groups excluding carboxylic acids is 1. The molecule has 1 aromatic rings. The highest BCUT2D eigenvalue weighted by Gasteiger charge is 2.13. The van der Waals surface area contributed by atoms with Crippen LogP contribution in [0, 0.1) is 0 Å². The third kappa shape index (κ3) is 2.73. The number of hydrogen-bond donors (Lipinski definition) is 1. The Morgan fingerprint density at radius 2 is 2.62 bits per heavy atom. The Bertz CT molecular complexity index is 261. The minimum atomic E-state index is -0.198. The average Bonchev–Trinajstić information content (AvgIpc) is 2.66. The van der Waals surface area contributed by atoms with Gasteiger partial charge in [-0.25, -0.2) is 4.98 Å². The largest absolute Gasteiger partial charge is 0.451 e. The highest BCUT2D eigenvalue weighted by molar-refractivity contribution is 6.27. The van der Waals surface area contributed by atoms with E-state index in [1.54, 1.807) is 0 Å². The fraction of sp³-hybridized carbons (Fsp3) is 0.500. The van der Waals surface area contributed by atoms with E-state index in [-0.39, 0.29) is 17.8 Å². The van der Waals surface area contributed by atoms with E-state index in [1.807, 2.05) is 6.92 Å². The summed E-state index contributed by atoms with van der Waals surface area (Å²) in [6, 6.07) is -0.106. The summed E-state index contributed by atoms with van der Waals surface area (Å²) >= 11 is 5.36. The van der Waals surface area contributed by atoms with E-state index in [2.05, 4.69) is 10.3 Å². The van der Waals surface area contributed by atoms with Gasteiger partial charge in [0.1, 0.15) is 17.8 Å². The van der Waals surface area contributed by atoms with Gasteiger partial charge in [-0.3, -0.25) is 4.79 Å². The van der Waals surface area contributed by atoms with Crippen LogP contribution in [0.4, 0.5) is 0 Å². The molecule has 0 aromatic carbocycles. The van der Waals surface area contributed by atoms with Crippen LogP contribution in [-0.2, 0) is 4.79 Å². The third-order valence-corrected chi connectivity index (χ3v) is 1.92. The molecule has 0 aliphatic carbocycles. The number of amides is 1. The first kappa shape index (κ1) is 10.1. The predicted octanol–water partition coefficient (Wildman–Crippen LogP) is 1.48. The van der Waals surface area contributed by atoms with E-state index in [1.165, 1.54) is 12.7 Å². The first-order chi connectivity index (χ1) is 6.27. The van der Waals surface area contributed by atoms with Crippen molar-refractivity contribution >= 4 is 17.5 Å². The van der Waals surface area contributed by atoms with E-state index in [0.717, 1.165) is 12.1 Å². The van der Waals surface area contributed by atoms with E-state index >= 15 is 0 Å². The fourth-order valence-electron chi connectivity index (χ4n) is 1.01. The molecule has 0 radical (unpaired) electrons. The minimum Gasteiger partial charge on any atom is -0.451 e. The van der Waals surface area contributed by atoms with E-state index < -0.39 is 0 Å². The van der Waals surface area contributed by atoms with Crippen molar-refractivity contribution in [3.8, 4) is 0 Å². The number of alkyl halides is 1. The van der Waals surface area contributed by atoms with Gasteiger partial charge in [0.25, 0.3) is 0 Å². The first-order valence-electron chi connectivity index (χ1n) is 4.01. The highest BCUT2D eigenvalue weighted by Crippen LogP contribution is 2.13. The molecule has 0 aliphatic rings. The van der Waals surface area contributed by atoms with Crippen LogP contribution >= 0.6 is 11.6 Å². The lowest BCUT2D eigenvalue weighted by Crippen LogP contribution is -2.29. The number of nitrogens with zero attached hydrogens (tertiary/aromatic N) is 1. The molecule has 1 unspecified atom stereocenters. The molecule has 0 saturated carbocycles. The van der Waals surface area contributed by atoms with Crippen molar-refractivity contribution in [3.05, 3.63) is 18.4 Å². The number of rotatable bonds is 4. The lowest BCUT2D eigenvalue weighted by atomic mass is 10.2. The van der Waals surface area contributed by atoms with Crippen LogP contribution in [0.15, 0.2) is 17.1 Å². The van der Waals surface area contributed by atoms with Crippen LogP contribution in [0.5, 0.6) is 0 Å². The van der Waals surface area contributed by atoms with E-state index in [4.69, 9.17) is 16.0 Å². The maximum Gasteiger partial charge on any atom is 0.235 e. The summed E-state index contributed by atoms with van der Waals surface area (Å²) in [5.74, 6) is -0.231. The molecule has 1 aromatic heterocycles. The molecule has 1 atom stereocenters. The Hall–Kier alpha value is -1.03. The van der Waals surface area contributed by atoms with Crippen molar-refractivity contribution in [2.45, 2.75) is 19.4 Å². The fourth-order valence-corrected chi connectivity index (χ4v) is 1.09. The standard InChI is InChI=1S/C8H11ClN2O2/c1-2-6(11-8(12)3-9)7-4-13-5-10-7/h4-6H,2-3H2,1H3,(H,11,12). The second kappa shape index (κ2) is 4.87. The van der Waals surface area contributed by atoms with Gasteiger partial charge in [0, 0.05) is 0 Å². The molecule has 0 fully saturated rings. The third-order valence-electron chi connectivity index (χ3n) is 1.67. The summed E-state index contributed by atoms with van der Waals surface area (Å²) < 4.78 is 4.82. The van der Waals surface area contributed by atoms with Gasteiger partial charge in [0.05, 0.1) is 6.04 Å². The second-order valence-corrected chi connectivity index (χ2v) is 2.84. The Kier molecular flexibility index (Phi) is 3.76. The zero-order valence-corrected chi connectivity index (χ0v) is 8.04. The molecule has 0 saturated heterocycles. The van der Waals surface area contributed by atoms with Crippen molar-refractivity contribution in [2.24, 2.45) is 0 Å². The topological polar surface area (TPSA) is 55.1 Å². The maximum atomic E-state index is 11.0. The molecule has 1 amide bonds. The number of nitrogens with one attached hydrogen (secondary N) is 1. The van der Waals surface area contributed by atoms with Crippen LogP contribution < -0.4 is 5.32 Å². The normalized spacial score (nSPS) is 12.5. The Balaban J connectivity index is 2.58. The lowest BCUT2D eigenvalue weighted by Gasteiger charge is -2.12. The molecular weight excluding hydrogens is 192 g/mol. The summed E-state index contributed by atoms with van der Waals surface area (Å²) in [6.45, 7) is 1.95. The van der Waals surface area contributed by atoms with Gasteiger partial charge in [-0.1, -0.05) is 6.92 Å². The highest BCUT2D eigenvalue weighted by atomic mass is 35.5. The second-order valence-electron chi connectivity index (χ2n) is 2.58. The Labute approximate surface area is 81.3 Å². The van der Waals surface area contributed by atoms with E-state index in [9.17, 15) is 4.79 Å². The van der Waals surface area contributed by atoms with Gasteiger partial charge in [-0.15, -0.1) is 11.6 Å². The molecule has 72 valence electrons. The minimum absolute atomic E-state index is 0.0334. The van der Waals surface area contributed by atoms with Gasteiger partial charge in [-0.2, -0.15) is 0 Å². The van der Waals surface area contributed by atoms with Crippen molar-refractivity contribution in [1.29, 1.82) is 0 Å². The monoisotopic (exact) mass is 202 g/mol. The summed E-state index contributed by atoms with van der Waals surface area (Å²) in [5.41, 5.74) is 0.723. The Morgan fingerprint density at radius 1 is 1.85 bits per heavy atom. The summed E-state index contributed by atoms with van der Waals surface area (Å²) in [4.78, 5) is 14.9. The molecule has 13 heavy (non-hydrogen) atoms.